The number of rotatable bonds is 21. The van der Waals surface area contributed by atoms with Gasteiger partial charge in [0.2, 0.25) is 40.9 Å². The summed E-state index contributed by atoms with van der Waals surface area (Å²) in [7, 11) is 0. The van der Waals surface area contributed by atoms with Gasteiger partial charge in [0, 0.05) is 62.9 Å². The molecule has 2 N–H and O–H groups in total. The number of hydrogen-bond acceptors (Lipinski definition) is 33. The van der Waals surface area contributed by atoms with Crippen molar-refractivity contribution in [2.24, 2.45) is 5.41 Å². The predicted octanol–water partition coefficient (Wildman–Crippen LogP) is 18.6. The molecule has 720 valence electrons. The molecule has 0 aliphatic rings. The Morgan fingerprint density at radius 1 is 0.331 bits per heavy atom. The van der Waals surface area contributed by atoms with Crippen LogP contribution in [0.1, 0.15) is 213 Å². The first-order valence-corrected chi connectivity index (χ1v) is 43.9. The second kappa shape index (κ2) is 52.1. The molecule has 0 unspecified atom stereocenters. The maximum absolute atomic E-state index is 12.9. The Morgan fingerprint density at radius 2 is 0.625 bits per heavy atom. The van der Waals surface area contributed by atoms with Crippen molar-refractivity contribution < 1.29 is 67.1 Å². The fraction of sp³-hybridized carbons (Fsp3) is 0.392. The third-order valence-corrected chi connectivity index (χ3v) is 16.7. The van der Waals surface area contributed by atoms with E-state index in [-0.39, 0.29) is 67.8 Å². The Kier molecular flexibility index (Phi) is 41.9. The molecule has 0 bridgehead atoms. The molecule has 12 aromatic rings. The Bertz CT molecular complexity index is 5660. The van der Waals surface area contributed by atoms with E-state index >= 15 is 0 Å². The number of carbonyl (C=O) groups excluding carboxylic acids is 6. The summed E-state index contributed by atoms with van der Waals surface area (Å²) < 4.78 is 31.6. The van der Waals surface area contributed by atoms with E-state index in [1.165, 1.54) is 32.9 Å². The Balaban J connectivity index is 0.000000262. The lowest BCUT2D eigenvalue weighted by Crippen LogP contribution is -2.41. The van der Waals surface area contributed by atoms with Gasteiger partial charge in [-0.15, -0.1) is 102 Å². The quantitative estimate of drug-likeness (QED) is 0.0498. The minimum absolute atomic E-state index is 0.0145. The second-order valence-electron chi connectivity index (χ2n) is 35.2. The number of para-hydroxylation sites is 1. The third kappa shape index (κ3) is 39.1. The number of hydrogen-bond donors (Lipinski definition) is 2. The number of nitrogens with one attached hydrogen (secondary N) is 1. The lowest BCUT2D eigenvalue weighted by atomic mass is 9.95. The van der Waals surface area contributed by atoms with Crippen molar-refractivity contribution >= 4 is 59.5 Å². The molecule has 0 fully saturated rings. The number of aromatic carboxylic acids is 1. The molecule has 5 heterocycles. The highest BCUT2D eigenvalue weighted by molar-refractivity contribution is 5.95. The van der Waals surface area contributed by atoms with E-state index < -0.39 is 69.9 Å². The Hall–Kier alpha value is -15.5. The maximum Gasteiger partial charge on any atom is 0.509 e. The normalized spacial score (nSPS) is 11.0. The van der Waals surface area contributed by atoms with E-state index in [0.717, 1.165) is 22.3 Å². The van der Waals surface area contributed by atoms with Gasteiger partial charge < -0.3 is 43.7 Å². The van der Waals surface area contributed by atoms with Gasteiger partial charge in [0.15, 0.2) is 29.9 Å². The van der Waals surface area contributed by atoms with Crippen molar-refractivity contribution in [3.05, 3.63) is 235 Å². The summed E-state index contributed by atoms with van der Waals surface area (Å²) in [5.74, 6) is 2.18. The van der Waals surface area contributed by atoms with Crippen molar-refractivity contribution in [1.29, 1.82) is 0 Å². The molecule has 0 atom stereocenters. The number of benzene rings is 7. The van der Waals surface area contributed by atoms with Gasteiger partial charge in [0.1, 0.15) is 28.0 Å². The molecule has 0 saturated heterocycles. The molecule has 0 spiro atoms. The summed E-state index contributed by atoms with van der Waals surface area (Å²) >= 11 is 0. The summed E-state index contributed by atoms with van der Waals surface area (Å²) in [4.78, 5) is 90.7. The number of aromatic nitrogens is 20. The van der Waals surface area contributed by atoms with Crippen molar-refractivity contribution in [2.75, 3.05) is 21.7 Å². The van der Waals surface area contributed by atoms with Crippen LogP contribution in [-0.2, 0) is 66.0 Å². The fourth-order valence-corrected chi connectivity index (χ4v) is 10.5. The topological polar surface area (TPSA) is 478 Å². The van der Waals surface area contributed by atoms with E-state index in [1.807, 2.05) is 283 Å². The van der Waals surface area contributed by atoms with E-state index in [4.69, 9.17) is 28.4 Å². The second-order valence-corrected chi connectivity index (χ2v) is 35.2. The van der Waals surface area contributed by atoms with E-state index in [2.05, 4.69) is 107 Å². The smallest absolute Gasteiger partial charge is 0.478 e. The number of carboxylic acid groups (broad SMARTS) is 1. The lowest BCUT2D eigenvalue weighted by molar-refractivity contribution is -0.123. The van der Waals surface area contributed by atoms with Crippen LogP contribution in [0, 0.1) is 5.41 Å². The predicted molar refractivity (Wildman–Crippen MR) is 511 cm³/mol. The standard InChI is InChI=1S/C26H30N6O5.C20H21N5O2.C17H23N5O2.C16H21N5O2.C14H16N4O3.2C2H6/c1-25(2,3)23(35)27-18-12-10-16(11-13-18)21-30-28-20(29-31-21)15-32(24(36)37-26(4,5)6)19-9-7-8-17(14-19)22(33)34;1-20(2,3)27-19(26)25(16-12-8-5-9-13-16)14-17-21-23-18(24-22-17)15-10-6-4-7-11-15;1-12(2)22(16(23)24-17(3,4)5)11-14-18-20-15(21-19-14)13-9-7-6-8-10-13;1-5-21(15(22)23-16(2,3)4)11-13-17-19-14(20-18-13)12-9-7-6-8-10-12;1-14(2,3)21-13(19)20-9-11-15-17-12(18-16-11)10-7-5-4-6-8-10;2*1-2/h7-14H,15H2,1-6H3,(H,27,35)(H,33,34);4-13H,14H2,1-3H3;6-10,12H,11H2,1-5H3;6-10H,5,11H2,1-4H3;4-8H,9H2,1-3H3;2*1-2H3. The number of ether oxygens (including phenoxy) is 6. The van der Waals surface area contributed by atoms with Gasteiger partial charge in [0.05, 0.1) is 31.7 Å². The summed E-state index contributed by atoms with van der Waals surface area (Å²) in [5.41, 5.74) is 1.99. The molecule has 5 aromatic heterocycles. The highest BCUT2D eigenvalue weighted by atomic mass is 16.7. The van der Waals surface area contributed by atoms with Gasteiger partial charge in [-0.3, -0.25) is 19.5 Å². The summed E-state index contributed by atoms with van der Waals surface area (Å²) in [6.07, 6.45) is -2.78. The van der Waals surface area contributed by atoms with Crippen LogP contribution in [0.15, 0.2) is 200 Å². The molecule has 0 aliphatic heterocycles. The van der Waals surface area contributed by atoms with Crippen molar-refractivity contribution in [2.45, 2.75) is 240 Å². The van der Waals surface area contributed by atoms with Crippen LogP contribution in [0.4, 0.5) is 41.0 Å². The molecule has 7 aromatic carbocycles. The molecule has 0 radical (unpaired) electrons. The summed E-state index contributed by atoms with van der Waals surface area (Å²) in [5, 5.41) is 93.3. The molecule has 0 saturated carbocycles. The number of amides is 5. The highest BCUT2D eigenvalue weighted by Gasteiger charge is 2.31. The van der Waals surface area contributed by atoms with Gasteiger partial charge in [-0.2, -0.15) is 0 Å². The molecule has 5 amide bonds. The van der Waals surface area contributed by atoms with Crippen LogP contribution in [0.25, 0.3) is 56.9 Å². The van der Waals surface area contributed by atoms with Crippen LogP contribution in [0.3, 0.4) is 0 Å². The molecule has 39 heteroatoms. The fourth-order valence-electron chi connectivity index (χ4n) is 10.5. The van der Waals surface area contributed by atoms with Gasteiger partial charge in [0.25, 0.3) is 0 Å². The first kappa shape index (κ1) is 109. The van der Waals surface area contributed by atoms with E-state index in [9.17, 15) is 38.7 Å². The van der Waals surface area contributed by atoms with Crippen LogP contribution in [-0.4, -0.2) is 200 Å². The zero-order valence-corrected chi connectivity index (χ0v) is 81.9. The Labute approximate surface area is 793 Å². The monoisotopic (exact) mass is 1860 g/mol. The lowest BCUT2D eigenvalue weighted by Gasteiger charge is -2.29. The van der Waals surface area contributed by atoms with Gasteiger partial charge in [-0.1, -0.05) is 194 Å². The SMILES string of the molecule is CC.CC.CC(C)(C)OC(=O)N(Cc1nnc(-c2ccc(NC(=O)C(C)(C)C)cc2)nn1)c1cccc(C(=O)O)c1.CC(C)(C)OC(=O)N(Cc1nnc(-c2ccccc2)nn1)c1ccccc1.CC(C)(C)OC(=O)OCc1nnc(-c2ccccc2)nn1.CC(C)N(Cc1nnc(-c2ccccc2)nn1)C(=O)OC(C)(C)C.CCN(Cc1nnc(-c2ccccc2)nn1)C(=O)OC(C)(C)C. The zero-order chi connectivity index (χ0) is 101. The molecule has 12 rings (SSSR count). The summed E-state index contributed by atoms with van der Waals surface area (Å²) in [6.45, 7) is 46.8. The van der Waals surface area contributed by atoms with Crippen molar-refractivity contribution in [3.8, 4) is 56.9 Å². The van der Waals surface area contributed by atoms with E-state index in [0.29, 0.717) is 69.9 Å². The van der Waals surface area contributed by atoms with Gasteiger partial charge >= 0.3 is 36.5 Å². The van der Waals surface area contributed by atoms with Crippen LogP contribution in [0.5, 0.6) is 0 Å². The molecule has 0 aliphatic carbocycles. The molecule has 39 nitrogen and oxygen atoms in total. The largest absolute Gasteiger partial charge is 0.509 e. The van der Waals surface area contributed by atoms with Gasteiger partial charge in [-0.05, 0) is 179 Å². The first-order valence-electron chi connectivity index (χ1n) is 43.9. The van der Waals surface area contributed by atoms with Crippen LogP contribution >= 0.6 is 0 Å². The molecular weight excluding hydrogens is 1740 g/mol. The van der Waals surface area contributed by atoms with Crippen molar-refractivity contribution in [1.82, 2.24) is 112 Å². The first-order chi connectivity index (χ1) is 64.2. The average molecular weight is 1860 g/mol. The number of carboxylic acids is 1. The average Bonchev–Trinajstić information content (AvgIpc) is 0.807. The number of nitrogens with zero attached hydrogens (tertiary/aromatic N) is 24. The van der Waals surface area contributed by atoms with Crippen molar-refractivity contribution in [3.63, 3.8) is 0 Å². The Morgan fingerprint density at radius 3 is 0.949 bits per heavy atom. The third-order valence-electron chi connectivity index (χ3n) is 16.7. The number of carbonyl (C=O) groups is 7. The van der Waals surface area contributed by atoms with Crippen LogP contribution in [0.2, 0.25) is 0 Å². The highest BCUT2D eigenvalue weighted by Crippen LogP contribution is 2.27. The minimum Gasteiger partial charge on any atom is -0.478 e. The number of anilines is 3. The molecule has 136 heavy (non-hydrogen) atoms. The molecular formula is C97H123N25O14. The van der Waals surface area contributed by atoms with Gasteiger partial charge in [-0.25, -0.2) is 28.8 Å². The summed E-state index contributed by atoms with van der Waals surface area (Å²) in [6, 6.07) is 59.8. The zero-order valence-electron chi connectivity index (χ0n) is 81.9. The van der Waals surface area contributed by atoms with E-state index in [1.54, 1.807) is 76.8 Å². The maximum atomic E-state index is 12.9. The minimum atomic E-state index is -1.13. The van der Waals surface area contributed by atoms with Crippen LogP contribution < -0.4 is 15.1 Å².